The molecule has 0 heterocycles. The van der Waals surface area contributed by atoms with E-state index in [9.17, 15) is 0 Å². The first-order valence-corrected chi connectivity index (χ1v) is 0. The quantitative estimate of drug-likeness (QED) is 0.238. The molecule has 0 atom stereocenters. The van der Waals surface area contributed by atoms with E-state index in [1.165, 1.54) is 0 Å². The molecule has 0 aromatic heterocycles. The third-order valence-electron chi connectivity index (χ3n) is 0. The van der Waals surface area contributed by atoms with Crippen LogP contribution in [0.2, 0.25) is 0 Å². The maximum atomic E-state index is 0. The van der Waals surface area contributed by atoms with E-state index in [-0.39, 0.29) is 208 Å². The van der Waals surface area contributed by atoms with Crippen molar-refractivity contribution in [3.8, 4) is 0 Å². The van der Waals surface area contributed by atoms with Crippen molar-refractivity contribution in [3.05, 3.63) is 0 Å². The van der Waals surface area contributed by atoms with Crippen LogP contribution in [0, 0.1) is 0 Å². The second-order valence-corrected chi connectivity index (χ2v) is 0. The molecule has 104 valence electrons. The molecule has 0 spiro atoms. The first kappa shape index (κ1) is 689. The van der Waals surface area contributed by atoms with Gasteiger partial charge in [0.25, 0.3) is 0 Å². The van der Waals surface area contributed by atoms with Gasteiger partial charge >= 0.3 is 137 Å². The Kier molecular flexibility index (Phi) is 21800. The van der Waals surface area contributed by atoms with Gasteiger partial charge in [-0.1, -0.05) is 0 Å². The van der Waals surface area contributed by atoms with E-state index >= 15 is 0 Å². The molecule has 0 amide bonds. The zero-order valence-electron chi connectivity index (χ0n) is 8.28. The summed E-state index contributed by atoms with van der Waals surface area (Å²) in [5, 5.41) is 0. The Labute approximate surface area is 205 Å². The van der Waals surface area contributed by atoms with Gasteiger partial charge < -0.3 is 71.2 Å². The van der Waals surface area contributed by atoms with Crippen LogP contribution in [-0.2, 0) is 157 Å². The summed E-state index contributed by atoms with van der Waals surface area (Å²) in [7, 11) is 0. The van der Waals surface area contributed by atoms with Crippen LogP contribution in [0.1, 0.15) is 0 Å². The summed E-state index contributed by atoms with van der Waals surface area (Å²) in [6.07, 6.45) is 0. The molecule has 0 aliphatic heterocycles. The van der Waals surface area contributed by atoms with E-state index < -0.39 is 0 Å². The maximum absolute atomic E-state index is 0. The van der Waals surface area contributed by atoms with Crippen LogP contribution in [0.15, 0.2) is 0 Å². The Morgan fingerprint density at radius 3 is 0.211 bits per heavy atom. The molecule has 0 bridgehead atoms. The number of hydrogen-bond acceptors (Lipinski definition) is 0. The van der Waals surface area contributed by atoms with E-state index in [4.69, 9.17) is 0 Å². The van der Waals surface area contributed by atoms with Gasteiger partial charge in [-0.25, -0.2) is 0 Å². The van der Waals surface area contributed by atoms with Gasteiger partial charge in [0.2, 0.25) is 0 Å². The van der Waals surface area contributed by atoms with Gasteiger partial charge in [-0.15, -0.1) is 0 Å². The normalized spacial score (nSPS) is 0. The molecule has 19 heteroatoms. The van der Waals surface area contributed by atoms with Crippen LogP contribution in [0.3, 0.4) is 0 Å². The molecule has 0 N–H and O–H groups in total. The molecule has 0 rings (SSSR count). The van der Waals surface area contributed by atoms with Crippen molar-refractivity contribution in [3.63, 3.8) is 0 Å². The monoisotopic (exact) mass is 729 g/mol. The Morgan fingerprint density at radius 1 is 0.211 bits per heavy atom. The van der Waals surface area contributed by atoms with Crippen LogP contribution in [0.25, 0.3) is 0 Å². The van der Waals surface area contributed by atoms with Crippen LogP contribution in [0.4, 0.5) is 0 Å². The average molecular weight is 725 g/mol. The fourth-order valence-electron chi connectivity index (χ4n) is 0. The second-order valence-electron chi connectivity index (χ2n) is 0. The van der Waals surface area contributed by atoms with Crippen molar-refractivity contribution in [1.29, 1.82) is 0 Å². The van der Waals surface area contributed by atoms with E-state index in [2.05, 4.69) is 0 Å². The predicted octanol–water partition coefficient (Wildman–Crippen LogP) is -2.32. The molecule has 0 saturated heterocycles. The van der Waals surface area contributed by atoms with Gasteiger partial charge in [-0.3, -0.25) is 0 Å². The Balaban J connectivity index is 0. The molecule has 0 aromatic rings. The van der Waals surface area contributed by atoms with Gasteiger partial charge in [0.1, 0.15) is 0 Å². The first-order chi connectivity index (χ1) is 0. The van der Waals surface area contributed by atoms with Crippen molar-refractivity contribution >= 4 is 51.7 Å². The van der Waals surface area contributed by atoms with Crippen molar-refractivity contribution in [2.24, 2.45) is 0 Å². The molecule has 0 aromatic carbocycles. The minimum Gasteiger partial charge on any atom is -2.00 e. The molecule has 0 unspecified atom stereocenters. The van der Waals surface area contributed by atoms with E-state index in [0.29, 0.717) is 0 Å². The zero-order chi connectivity index (χ0) is 0. The third kappa shape index (κ3) is 545. The second kappa shape index (κ2) is 601. The minimum atomic E-state index is 0. The van der Waals surface area contributed by atoms with Gasteiger partial charge in [-0.05, 0) is 0 Å². The summed E-state index contributed by atoms with van der Waals surface area (Å²) in [5.41, 5.74) is 0. The van der Waals surface area contributed by atoms with Crippen molar-refractivity contribution in [2.45, 2.75) is 0 Å². The van der Waals surface area contributed by atoms with Crippen LogP contribution in [-0.4, -0.2) is 51.7 Å². The summed E-state index contributed by atoms with van der Waals surface area (Å²) in [6, 6.07) is 0. The molecule has 0 saturated carbocycles. The van der Waals surface area contributed by atoms with Gasteiger partial charge in [0.05, 0.1) is 0 Å². The molecular weight excluding hydrogens is 725 g/mol. The third-order valence-corrected chi connectivity index (χ3v) is 0. The Bertz CT molecular complexity index is 26.6. The topological polar surface area (TPSA) is 370 Å². The van der Waals surface area contributed by atoms with E-state index in [1.807, 2.05) is 0 Å². The number of hydrogen-bond donors (Lipinski definition) is 0. The Hall–Kier alpha value is 4.03. The fraction of sp³-hybridized carbons (Fsp3) is 0. The molecule has 0 aliphatic carbocycles. The smallest absolute Gasteiger partial charge is 2.00 e. The molecule has 19 heavy (non-hydrogen) atoms. The summed E-state index contributed by atoms with van der Waals surface area (Å²) in [5.74, 6) is 0. The first-order valence-electron chi connectivity index (χ1n) is 0. The summed E-state index contributed by atoms with van der Waals surface area (Å²) >= 11 is 0. The Morgan fingerprint density at radius 2 is 0.211 bits per heavy atom. The van der Waals surface area contributed by atoms with Gasteiger partial charge in [-0.2, -0.15) is 0 Å². The van der Waals surface area contributed by atoms with Crippen molar-refractivity contribution < 1.29 is 157 Å². The summed E-state index contributed by atoms with van der Waals surface area (Å²) in [4.78, 5) is 0. The molecule has 13 nitrogen and oxygen atoms in total. The predicted molar refractivity (Wildman–Crippen MR) is 20.4 cm³/mol. The molecule has 0 fully saturated rings. The van der Waals surface area contributed by atoms with Gasteiger partial charge in [0, 0.05) is 0 Å². The maximum Gasteiger partial charge on any atom is 6.00 e. The zero-order valence-corrected chi connectivity index (χ0v) is 22.0. The largest absolute Gasteiger partial charge is 6.00 e. The van der Waals surface area contributed by atoms with E-state index in [1.54, 1.807) is 0 Å². The molecule has 0 radical (unpaired) electrons. The fourth-order valence-corrected chi connectivity index (χ4v) is 0. The van der Waals surface area contributed by atoms with Crippen LogP contribution < -0.4 is 0 Å². The molecular formula is In2Mo2O13Ti2. The minimum absolute atomic E-state index is 0. The van der Waals surface area contributed by atoms with Crippen LogP contribution >= 0.6 is 0 Å². The molecule has 0 aliphatic rings. The SMILES string of the molecule is [In+3].[In+3].[Mo+6].[Mo+6].[O-2].[O-2].[O-2].[O-2].[O-2].[O-2].[O-2].[O-2].[O-2].[O-2].[O-2].[O-2].[O-2].[Ti+4].[Ti+4]. The standard InChI is InChI=1S/2In.2Mo.13O.2Ti/q2*+3;2*+6;13*-2;2*+4. The van der Waals surface area contributed by atoms with E-state index in [0.717, 1.165) is 0 Å². The number of rotatable bonds is 0. The van der Waals surface area contributed by atoms with Crippen molar-refractivity contribution in [1.82, 2.24) is 0 Å². The van der Waals surface area contributed by atoms with Crippen molar-refractivity contribution in [2.75, 3.05) is 0 Å². The summed E-state index contributed by atoms with van der Waals surface area (Å²) < 4.78 is 0. The summed E-state index contributed by atoms with van der Waals surface area (Å²) in [6.45, 7) is 0. The average Bonchev–Trinajstić information content (AvgIpc) is 0. The van der Waals surface area contributed by atoms with Crippen LogP contribution in [0.5, 0.6) is 0 Å². The van der Waals surface area contributed by atoms with Gasteiger partial charge in [0.15, 0.2) is 0 Å².